The largest absolute Gasteiger partial charge is 0.421 e. The van der Waals surface area contributed by atoms with Gasteiger partial charge in [0, 0.05) is 11.9 Å². The first-order chi connectivity index (χ1) is 12.3. The van der Waals surface area contributed by atoms with E-state index < -0.39 is 15.6 Å². The summed E-state index contributed by atoms with van der Waals surface area (Å²) in [5.74, 6) is 0.142. The van der Waals surface area contributed by atoms with Crippen LogP contribution in [0.4, 0.5) is 11.4 Å². The molecule has 138 valence electrons. The minimum atomic E-state index is -4.08. The maximum Gasteiger partial charge on any atom is 0.363 e. The molecule has 0 radical (unpaired) electrons. The van der Waals surface area contributed by atoms with Gasteiger partial charge in [0.2, 0.25) is 0 Å². The minimum Gasteiger partial charge on any atom is -0.421 e. The molecule has 0 saturated heterocycles. The summed E-state index contributed by atoms with van der Waals surface area (Å²) >= 11 is 0. The molecule has 0 bridgehead atoms. The van der Waals surface area contributed by atoms with E-state index in [9.17, 15) is 13.2 Å². The fourth-order valence-electron chi connectivity index (χ4n) is 2.72. The number of nitrogens with one attached hydrogen (secondary N) is 2. The third-order valence-electron chi connectivity index (χ3n) is 3.84. The van der Waals surface area contributed by atoms with Crippen molar-refractivity contribution >= 4 is 32.4 Å². The van der Waals surface area contributed by atoms with Gasteiger partial charge in [0.15, 0.2) is 16.3 Å². The number of sulfonamides is 1. The summed E-state index contributed by atoms with van der Waals surface area (Å²) in [6.45, 7) is 5.54. The van der Waals surface area contributed by atoms with Crippen LogP contribution in [0, 0.1) is 13.8 Å². The van der Waals surface area contributed by atoms with Crippen LogP contribution >= 0.6 is 0 Å². The van der Waals surface area contributed by atoms with Crippen molar-refractivity contribution in [1.82, 2.24) is 5.16 Å². The van der Waals surface area contributed by atoms with Crippen LogP contribution < -0.4 is 15.7 Å². The number of hydrogen-bond acceptors (Lipinski definition) is 7. The molecule has 2 heterocycles. The van der Waals surface area contributed by atoms with Crippen molar-refractivity contribution in [2.45, 2.75) is 32.1 Å². The predicted octanol–water partition coefficient (Wildman–Crippen LogP) is 3.02. The number of aromatic nitrogens is 1. The predicted molar refractivity (Wildman–Crippen MR) is 98.1 cm³/mol. The van der Waals surface area contributed by atoms with Gasteiger partial charge in [0.05, 0.1) is 5.69 Å². The van der Waals surface area contributed by atoms with Crippen LogP contribution in [0.5, 0.6) is 0 Å². The SMILES string of the molecule is CCCNc1c(NS(=O)(=O)c2c(C)noc2C)c(=O)oc2ccccc12. The van der Waals surface area contributed by atoms with Gasteiger partial charge in [-0.25, -0.2) is 13.2 Å². The molecule has 1 aromatic carbocycles. The van der Waals surface area contributed by atoms with Gasteiger partial charge in [-0.05, 0) is 32.4 Å². The van der Waals surface area contributed by atoms with Gasteiger partial charge < -0.3 is 14.3 Å². The normalized spacial score (nSPS) is 11.7. The lowest BCUT2D eigenvalue weighted by Gasteiger charge is -2.14. The Bertz CT molecular complexity index is 1100. The number of aryl methyl sites for hydroxylation is 2. The molecule has 26 heavy (non-hydrogen) atoms. The van der Waals surface area contributed by atoms with Gasteiger partial charge in [-0.2, -0.15) is 0 Å². The lowest BCUT2D eigenvalue weighted by Crippen LogP contribution is -2.21. The van der Waals surface area contributed by atoms with Crippen LogP contribution in [-0.2, 0) is 10.0 Å². The molecule has 0 unspecified atom stereocenters. The number of nitrogens with zero attached hydrogens (tertiary/aromatic N) is 1. The molecule has 3 aromatic rings. The first kappa shape index (κ1) is 18.0. The summed E-state index contributed by atoms with van der Waals surface area (Å²) in [5, 5.41) is 7.38. The standard InChI is InChI=1S/C17H19N3O5S/c1-4-9-18-14-12-7-5-6-8-13(12)24-17(21)15(14)20-26(22,23)16-10(2)19-25-11(16)3/h5-8,18,20H,4,9H2,1-3H3. The highest BCUT2D eigenvalue weighted by molar-refractivity contribution is 7.92. The molecule has 0 atom stereocenters. The van der Waals surface area contributed by atoms with Crippen molar-refractivity contribution < 1.29 is 17.4 Å². The molecule has 0 amide bonds. The van der Waals surface area contributed by atoms with E-state index in [0.717, 1.165) is 6.42 Å². The van der Waals surface area contributed by atoms with Crippen LogP contribution in [0.3, 0.4) is 0 Å². The Morgan fingerprint density at radius 1 is 1.15 bits per heavy atom. The molecule has 3 rings (SSSR count). The molecule has 2 N–H and O–H groups in total. The summed E-state index contributed by atoms with van der Waals surface area (Å²) in [4.78, 5) is 12.4. The second kappa shape index (κ2) is 6.83. The number of hydrogen-bond donors (Lipinski definition) is 2. The molecule has 0 aliphatic rings. The third-order valence-corrected chi connectivity index (χ3v) is 5.43. The summed E-state index contributed by atoms with van der Waals surface area (Å²) in [5.41, 5.74) is 0.0171. The van der Waals surface area contributed by atoms with Crippen LogP contribution in [0.25, 0.3) is 11.0 Å². The molecular weight excluding hydrogens is 358 g/mol. The Labute approximate surface area is 150 Å². The first-order valence-corrected chi connectivity index (χ1v) is 9.59. The van der Waals surface area contributed by atoms with Crippen LogP contribution in [0.15, 0.2) is 42.9 Å². The lowest BCUT2D eigenvalue weighted by molar-refractivity contribution is 0.390. The smallest absolute Gasteiger partial charge is 0.363 e. The zero-order chi connectivity index (χ0) is 18.9. The molecule has 8 nitrogen and oxygen atoms in total. The van der Waals surface area contributed by atoms with Gasteiger partial charge in [-0.3, -0.25) is 4.72 Å². The number of para-hydroxylation sites is 1. The average Bonchev–Trinajstić information content (AvgIpc) is 2.94. The Morgan fingerprint density at radius 3 is 2.54 bits per heavy atom. The van der Waals surface area contributed by atoms with Crippen molar-refractivity contribution in [3.8, 4) is 0 Å². The molecule has 0 saturated carbocycles. The Balaban J connectivity index is 2.18. The lowest BCUT2D eigenvalue weighted by atomic mass is 10.2. The van der Waals surface area contributed by atoms with E-state index >= 15 is 0 Å². The van der Waals surface area contributed by atoms with Crippen LogP contribution in [-0.4, -0.2) is 20.1 Å². The number of anilines is 2. The van der Waals surface area contributed by atoms with Gasteiger partial charge in [0.1, 0.15) is 11.3 Å². The molecule has 0 aliphatic carbocycles. The van der Waals surface area contributed by atoms with E-state index in [2.05, 4.69) is 15.2 Å². The number of fused-ring (bicyclic) bond motifs is 1. The molecule has 0 aliphatic heterocycles. The van der Waals surface area contributed by atoms with Crippen molar-refractivity contribution in [1.29, 1.82) is 0 Å². The van der Waals surface area contributed by atoms with Crippen molar-refractivity contribution in [3.63, 3.8) is 0 Å². The zero-order valence-electron chi connectivity index (χ0n) is 14.6. The summed E-state index contributed by atoms with van der Waals surface area (Å²) in [6.07, 6.45) is 0.796. The second-order valence-corrected chi connectivity index (χ2v) is 7.44. The van der Waals surface area contributed by atoms with Crippen molar-refractivity contribution in [2.75, 3.05) is 16.6 Å². The minimum absolute atomic E-state index is 0.0912. The Morgan fingerprint density at radius 2 is 1.88 bits per heavy atom. The summed E-state index contributed by atoms with van der Waals surface area (Å²) < 4.78 is 38.1. The van der Waals surface area contributed by atoms with E-state index in [-0.39, 0.29) is 22.0 Å². The van der Waals surface area contributed by atoms with E-state index in [1.165, 1.54) is 13.8 Å². The Kier molecular flexibility index (Phi) is 4.73. The molecule has 2 aromatic heterocycles. The first-order valence-electron chi connectivity index (χ1n) is 8.10. The van der Waals surface area contributed by atoms with Crippen molar-refractivity contribution in [2.24, 2.45) is 0 Å². The fraction of sp³-hybridized carbons (Fsp3) is 0.294. The highest BCUT2D eigenvalue weighted by Gasteiger charge is 2.27. The topological polar surface area (TPSA) is 114 Å². The van der Waals surface area contributed by atoms with Crippen molar-refractivity contribution in [3.05, 3.63) is 46.1 Å². The summed E-state index contributed by atoms with van der Waals surface area (Å²) in [7, 11) is -4.08. The highest BCUT2D eigenvalue weighted by Crippen LogP contribution is 2.31. The zero-order valence-corrected chi connectivity index (χ0v) is 15.4. The highest BCUT2D eigenvalue weighted by atomic mass is 32.2. The van der Waals surface area contributed by atoms with Crippen LogP contribution in [0.2, 0.25) is 0 Å². The van der Waals surface area contributed by atoms with Gasteiger partial charge in [-0.1, -0.05) is 24.2 Å². The van der Waals surface area contributed by atoms with Gasteiger partial charge in [0.25, 0.3) is 10.0 Å². The monoisotopic (exact) mass is 377 g/mol. The quantitative estimate of drug-likeness (QED) is 0.635. The van der Waals surface area contributed by atoms with E-state index in [1.54, 1.807) is 24.3 Å². The van der Waals surface area contributed by atoms with Gasteiger partial charge >= 0.3 is 5.63 Å². The fourth-order valence-corrected chi connectivity index (χ4v) is 4.12. The molecule has 0 fully saturated rings. The summed E-state index contributed by atoms with van der Waals surface area (Å²) in [6, 6.07) is 6.93. The van der Waals surface area contributed by atoms with E-state index in [1.807, 2.05) is 6.92 Å². The average molecular weight is 377 g/mol. The number of benzene rings is 1. The molecule has 9 heteroatoms. The maximum absolute atomic E-state index is 12.8. The Hall–Kier alpha value is -2.81. The van der Waals surface area contributed by atoms with E-state index in [4.69, 9.17) is 8.94 Å². The molecular formula is C17H19N3O5S. The van der Waals surface area contributed by atoms with Gasteiger partial charge in [-0.15, -0.1) is 0 Å². The molecule has 0 spiro atoms. The number of rotatable bonds is 6. The van der Waals surface area contributed by atoms with Crippen LogP contribution in [0.1, 0.15) is 24.8 Å². The second-order valence-electron chi connectivity index (χ2n) is 5.82. The van der Waals surface area contributed by atoms with E-state index in [0.29, 0.717) is 23.2 Å². The third kappa shape index (κ3) is 3.17. The maximum atomic E-state index is 12.8.